The van der Waals surface area contributed by atoms with Crippen LogP contribution in [0.3, 0.4) is 0 Å². The topological polar surface area (TPSA) is 32.6 Å². The molecule has 0 spiro atoms. The van der Waals surface area contributed by atoms with Crippen molar-refractivity contribution in [1.29, 1.82) is 0 Å². The van der Waals surface area contributed by atoms with Gasteiger partial charge in [-0.15, -0.1) is 0 Å². The number of rotatable bonds is 2. The molecule has 0 aromatic carbocycles. The Hall–Kier alpha value is -0.890. The third kappa shape index (κ3) is 2.13. The fourth-order valence-corrected chi connectivity index (χ4v) is 2.15. The Morgan fingerprint density at radius 3 is 3.00 bits per heavy atom. The predicted molar refractivity (Wildman–Crippen MR) is 58.5 cm³/mol. The molecule has 0 aromatic rings. The van der Waals surface area contributed by atoms with Crippen LogP contribution in [0.5, 0.6) is 0 Å². The molecule has 0 saturated heterocycles. The summed E-state index contributed by atoms with van der Waals surface area (Å²) in [5, 5.41) is 10.1. The molecule has 14 heavy (non-hydrogen) atoms. The zero-order chi connectivity index (χ0) is 9.80. The number of aliphatic imine (C=N–C) groups is 1. The molecule has 2 unspecified atom stereocenters. The van der Waals surface area contributed by atoms with E-state index in [1.807, 2.05) is 12.3 Å². The van der Waals surface area contributed by atoms with Gasteiger partial charge in [0, 0.05) is 12.8 Å². The maximum Gasteiger partial charge on any atom is 0.0785 e. The fourth-order valence-electron chi connectivity index (χ4n) is 2.15. The molecule has 0 fully saturated rings. The SMILES string of the molecule is OC(C1=CC=NCC1)C1CC=CCC1. The van der Waals surface area contributed by atoms with Gasteiger partial charge in [0.15, 0.2) is 0 Å². The van der Waals surface area contributed by atoms with Crippen molar-refractivity contribution in [2.75, 3.05) is 6.54 Å². The number of hydrogen-bond donors (Lipinski definition) is 1. The van der Waals surface area contributed by atoms with Crippen LogP contribution < -0.4 is 0 Å². The molecule has 76 valence electrons. The number of hydrogen-bond acceptors (Lipinski definition) is 2. The van der Waals surface area contributed by atoms with E-state index < -0.39 is 0 Å². The average molecular weight is 191 g/mol. The number of aliphatic hydroxyl groups is 1. The molecule has 1 heterocycles. The molecule has 0 saturated carbocycles. The highest BCUT2D eigenvalue weighted by molar-refractivity contribution is 5.73. The largest absolute Gasteiger partial charge is 0.388 e. The highest BCUT2D eigenvalue weighted by atomic mass is 16.3. The minimum absolute atomic E-state index is 0.244. The van der Waals surface area contributed by atoms with Gasteiger partial charge in [-0.3, -0.25) is 4.99 Å². The van der Waals surface area contributed by atoms with Crippen LogP contribution in [0.25, 0.3) is 0 Å². The predicted octanol–water partition coefficient (Wildman–Crippen LogP) is 2.10. The van der Waals surface area contributed by atoms with Gasteiger partial charge < -0.3 is 5.11 Å². The van der Waals surface area contributed by atoms with Gasteiger partial charge in [-0.05, 0) is 43.3 Å². The molecular weight excluding hydrogens is 174 g/mol. The van der Waals surface area contributed by atoms with E-state index in [0.29, 0.717) is 5.92 Å². The van der Waals surface area contributed by atoms with Crippen LogP contribution in [-0.2, 0) is 0 Å². The lowest BCUT2D eigenvalue weighted by Gasteiger charge is -2.26. The van der Waals surface area contributed by atoms with Gasteiger partial charge in [-0.25, -0.2) is 0 Å². The highest BCUT2D eigenvalue weighted by Gasteiger charge is 2.22. The van der Waals surface area contributed by atoms with Crippen molar-refractivity contribution in [2.45, 2.75) is 31.8 Å². The molecule has 0 aromatic heterocycles. The van der Waals surface area contributed by atoms with Crippen LogP contribution in [0.15, 0.2) is 28.8 Å². The standard InChI is InChI=1S/C12H17NO/c14-12(10-4-2-1-3-5-10)11-6-8-13-9-7-11/h1-2,6,8,10,12,14H,3-5,7,9H2. The van der Waals surface area contributed by atoms with Crippen LogP contribution in [0.2, 0.25) is 0 Å². The maximum absolute atomic E-state index is 10.1. The number of aliphatic hydroxyl groups excluding tert-OH is 1. The van der Waals surface area contributed by atoms with E-state index in [0.717, 1.165) is 32.2 Å². The molecule has 1 aliphatic heterocycles. The Kier molecular flexibility index (Phi) is 3.14. The van der Waals surface area contributed by atoms with Gasteiger partial charge in [-0.1, -0.05) is 12.2 Å². The second-order valence-corrected chi connectivity index (χ2v) is 4.04. The van der Waals surface area contributed by atoms with Crippen LogP contribution in [0.1, 0.15) is 25.7 Å². The van der Waals surface area contributed by atoms with E-state index in [4.69, 9.17) is 0 Å². The summed E-state index contributed by atoms with van der Waals surface area (Å²) in [4.78, 5) is 4.13. The van der Waals surface area contributed by atoms with Gasteiger partial charge in [-0.2, -0.15) is 0 Å². The van der Waals surface area contributed by atoms with Crippen LogP contribution in [-0.4, -0.2) is 24.0 Å². The van der Waals surface area contributed by atoms with E-state index in [1.54, 1.807) is 0 Å². The third-order valence-corrected chi connectivity index (χ3v) is 3.06. The van der Waals surface area contributed by atoms with Crippen molar-refractivity contribution in [2.24, 2.45) is 10.9 Å². The quantitative estimate of drug-likeness (QED) is 0.666. The van der Waals surface area contributed by atoms with Gasteiger partial charge in [0.1, 0.15) is 0 Å². The van der Waals surface area contributed by atoms with Gasteiger partial charge >= 0.3 is 0 Å². The molecule has 2 heteroatoms. The summed E-state index contributed by atoms with van der Waals surface area (Å²) in [6.07, 6.45) is 12.1. The zero-order valence-electron chi connectivity index (χ0n) is 8.39. The monoisotopic (exact) mass is 191 g/mol. The van der Waals surface area contributed by atoms with Gasteiger partial charge in [0.2, 0.25) is 0 Å². The molecule has 1 N–H and O–H groups in total. The lowest BCUT2D eigenvalue weighted by atomic mass is 9.84. The molecule has 2 nitrogen and oxygen atoms in total. The fraction of sp³-hybridized carbons (Fsp3) is 0.583. The minimum atomic E-state index is -0.244. The van der Waals surface area contributed by atoms with Crippen LogP contribution in [0.4, 0.5) is 0 Å². The summed E-state index contributed by atoms with van der Waals surface area (Å²) in [5.41, 5.74) is 1.17. The Labute approximate surface area is 85.1 Å². The van der Waals surface area contributed by atoms with Crippen LogP contribution in [0, 0.1) is 5.92 Å². The first-order valence-corrected chi connectivity index (χ1v) is 5.40. The highest BCUT2D eigenvalue weighted by Crippen LogP contribution is 2.27. The summed E-state index contributed by atoms with van der Waals surface area (Å²) in [7, 11) is 0. The summed E-state index contributed by atoms with van der Waals surface area (Å²) in [5.74, 6) is 0.428. The van der Waals surface area contributed by atoms with E-state index in [2.05, 4.69) is 17.1 Å². The van der Waals surface area contributed by atoms with E-state index in [-0.39, 0.29) is 6.10 Å². The van der Waals surface area contributed by atoms with Crippen molar-refractivity contribution in [3.05, 3.63) is 23.8 Å². The molecule has 0 radical (unpaired) electrons. The van der Waals surface area contributed by atoms with Crippen molar-refractivity contribution in [1.82, 2.24) is 0 Å². The summed E-state index contributed by atoms with van der Waals surface area (Å²) < 4.78 is 0. The summed E-state index contributed by atoms with van der Waals surface area (Å²) in [6, 6.07) is 0. The average Bonchev–Trinajstić information content (AvgIpc) is 2.30. The molecule has 0 bridgehead atoms. The smallest absolute Gasteiger partial charge is 0.0785 e. The summed E-state index contributed by atoms with van der Waals surface area (Å²) in [6.45, 7) is 0.839. The molecular formula is C12H17NO. The molecule has 2 rings (SSSR count). The second-order valence-electron chi connectivity index (χ2n) is 4.04. The van der Waals surface area contributed by atoms with Gasteiger partial charge in [0.05, 0.1) is 6.10 Å². The van der Waals surface area contributed by atoms with Crippen LogP contribution >= 0.6 is 0 Å². The number of nitrogens with zero attached hydrogens (tertiary/aromatic N) is 1. The van der Waals surface area contributed by atoms with Crippen molar-refractivity contribution >= 4 is 6.21 Å². The first-order valence-electron chi connectivity index (χ1n) is 5.40. The van der Waals surface area contributed by atoms with Crippen molar-refractivity contribution < 1.29 is 5.11 Å². The third-order valence-electron chi connectivity index (χ3n) is 3.06. The Morgan fingerprint density at radius 1 is 1.43 bits per heavy atom. The minimum Gasteiger partial charge on any atom is -0.388 e. The first-order chi connectivity index (χ1) is 6.88. The Morgan fingerprint density at radius 2 is 2.36 bits per heavy atom. The van der Waals surface area contributed by atoms with Gasteiger partial charge in [0.25, 0.3) is 0 Å². The van der Waals surface area contributed by atoms with E-state index >= 15 is 0 Å². The lowest BCUT2D eigenvalue weighted by Crippen LogP contribution is -2.25. The van der Waals surface area contributed by atoms with Crippen molar-refractivity contribution in [3.63, 3.8) is 0 Å². The molecule has 1 aliphatic carbocycles. The Bertz CT molecular complexity index is 278. The second kappa shape index (κ2) is 4.56. The molecule has 0 amide bonds. The maximum atomic E-state index is 10.1. The van der Waals surface area contributed by atoms with Crippen molar-refractivity contribution in [3.8, 4) is 0 Å². The zero-order valence-corrected chi connectivity index (χ0v) is 8.39. The molecule has 2 aliphatic rings. The number of dihydropyridines is 1. The first kappa shape index (κ1) is 9.66. The van der Waals surface area contributed by atoms with E-state index in [1.165, 1.54) is 5.57 Å². The Balaban J connectivity index is 1.99. The summed E-state index contributed by atoms with van der Waals surface area (Å²) >= 11 is 0. The van der Waals surface area contributed by atoms with E-state index in [9.17, 15) is 5.11 Å². The normalized spacial score (nSPS) is 28.6. The molecule has 2 atom stereocenters. The lowest BCUT2D eigenvalue weighted by molar-refractivity contribution is 0.131. The number of allylic oxidation sites excluding steroid dienone is 3.